The molecule has 2 aliphatic heterocycles. The molecule has 0 atom stereocenters. The quantitative estimate of drug-likeness (QED) is 0.672. The zero-order chi connectivity index (χ0) is 20.1. The van der Waals surface area contributed by atoms with Crippen molar-refractivity contribution in [3.8, 4) is 0 Å². The van der Waals surface area contributed by atoms with Crippen LogP contribution in [-0.2, 0) is 7.05 Å². The summed E-state index contributed by atoms with van der Waals surface area (Å²) in [6.07, 6.45) is 12.3. The molecule has 1 aromatic heterocycles. The zero-order valence-electron chi connectivity index (χ0n) is 16.6. The number of aromatic nitrogens is 2. The normalized spacial score (nSPS) is 20.8. The van der Waals surface area contributed by atoms with Gasteiger partial charge in [0.2, 0.25) is 0 Å². The number of aryl methyl sites for hydroxylation is 1. The number of rotatable bonds is 6. The molecule has 1 fully saturated rings. The van der Waals surface area contributed by atoms with Gasteiger partial charge in [-0.1, -0.05) is 30.9 Å². The van der Waals surface area contributed by atoms with Gasteiger partial charge >= 0.3 is 0 Å². The molecule has 4 nitrogen and oxygen atoms in total. The number of halogens is 2. The van der Waals surface area contributed by atoms with E-state index in [0.29, 0.717) is 5.92 Å². The van der Waals surface area contributed by atoms with E-state index < -0.39 is 6.43 Å². The zero-order valence-corrected chi connectivity index (χ0v) is 16.6. The minimum absolute atomic E-state index is 0.115. The summed E-state index contributed by atoms with van der Waals surface area (Å²) < 4.78 is 27.0. The molecule has 0 bridgehead atoms. The highest BCUT2D eigenvalue weighted by atomic mass is 19.3. The largest absolute Gasteiger partial charge is 0.331 e. The van der Waals surface area contributed by atoms with Crippen molar-refractivity contribution in [2.45, 2.75) is 32.6 Å². The molecule has 28 heavy (non-hydrogen) atoms. The second-order valence-electron chi connectivity index (χ2n) is 7.37. The van der Waals surface area contributed by atoms with Gasteiger partial charge in [0.25, 0.3) is 6.43 Å². The van der Waals surface area contributed by atoms with Gasteiger partial charge in [0.1, 0.15) is 5.82 Å². The van der Waals surface area contributed by atoms with Gasteiger partial charge < -0.3 is 4.57 Å². The number of alkyl halides is 2. The van der Waals surface area contributed by atoms with E-state index in [1.165, 1.54) is 0 Å². The summed E-state index contributed by atoms with van der Waals surface area (Å²) in [6, 6.07) is 0. The molecule has 150 valence electrons. The topological polar surface area (TPSA) is 33.4 Å². The molecule has 1 saturated heterocycles. The van der Waals surface area contributed by atoms with Crippen LogP contribution in [0.5, 0.6) is 0 Å². The lowest BCUT2D eigenvalue weighted by Gasteiger charge is -2.32. The molecule has 0 aromatic carbocycles. The van der Waals surface area contributed by atoms with Crippen LogP contribution in [0.15, 0.2) is 53.3 Å². The van der Waals surface area contributed by atoms with Crippen LogP contribution >= 0.6 is 0 Å². The molecular weight excluding hydrogens is 358 g/mol. The van der Waals surface area contributed by atoms with Crippen LogP contribution in [0, 0.1) is 12.8 Å². The van der Waals surface area contributed by atoms with Gasteiger partial charge in [-0.2, -0.15) is 0 Å². The van der Waals surface area contributed by atoms with Gasteiger partial charge in [-0.05, 0) is 50.4 Å². The summed E-state index contributed by atoms with van der Waals surface area (Å²) in [5, 5.41) is 0. The lowest BCUT2D eigenvalue weighted by Crippen LogP contribution is -2.37. The summed E-state index contributed by atoms with van der Waals surface area (Å²) in [5.41, 5.74) is 4.29. The van der Waals surface area contributed by atoms with Gasteiger partial charge in [0.15, 0.2) is 0 Å². The third-order valence-electron chi connectivity index (χ3n) is 5.54. The van der Waals surface area contributed by atoms with Crippen molar-refractivity contribution in [1.29, 1.82) is 0 Å². The predicted octanol–water partition coefficient (Wildman–Crippen LogP) is 4.56. The smallest absolute Gasteiger partial charge is 0.251 e. The number of piperidine rings is 1. The van der Waals surface area contributed by atoms with Crippen LogP contribution in [0.3, 0.4) is 0 Å². The fraction of sp³-hybridized carbons (Fsp3) is 0.455. The van der Waals surface area contributed by atoms with Crippen LogP contribution in [0.4, 0.5) is 8.78 Å². The SMILES string of the molecule is C=C/C(=C\C=C1\C=NC(C2CCN(CC(F)F)CC2)=CC1)c1cnc(C)n1C. The Kier molecular flexibility index (Phi) is 6.73. The Labute approximate surface area is 165 Å². The summed E-state index contributed by atoms with van der Waals surface area (Å²) in [6.45, 7) is 7.22. The first-order valence-electron chi connectivity index (χ1n) is 9.74. The molecule has 0 radical (unpaired) electrons. The summed E-state index contributed by atoms with van der Waals surface area (Å²) >= 11 is 0. The van der Waals surface area contributed by atoms with Crippen molar-refractivity contribution < 1.29 is 8.78 Å². The number of aliphatic imine (C=N–C) groups is 1. The molecule has 2 aliphatic rings. The van der Waals surface area contributed by atoms with Gasteiger partial charge in [-0.3, -0.25) is 9.89 Å². The lowest BCUT2D eigenvalue weighted by molar-refractivity contribution is 0.0722. The Morgan fingerprint density at radius 1 is 1.36 bits per heavy atom. The van der Waals surface area contributed by atoms with Gasteiger partial charge in [0, 0.05) is 24.9 Å². The van der Waals surface area contributed by atoms with Crippen molar-refractivity contribution in [3.63, 3.8) is 0 Å². The maximum absolute atomic E-state index is 12.5. The first kappa shape index (κ1) is 20.4. The Hall–Kier alpha value is -2.34. The molecule has 0 aliphatic carbocycles. The third-order valence-corrected chi connectivity index (χ3v) is 5.54. The Morgan fingerprint density at radius 2 is 2.11 bits per heavy atom. The van der Waals surface area contributed by atoms with E-state index in [4.69, 9.17) is 0 Å². The van der Waals surface area contributed by atoms with Crippen molar-refractivity contribution >= 4 is 11.8 Å². The molecule has 3 rings (SSSR count). The number of hydrogen-bond donors (Lipinski definition) is 0. The fourth-order valence-electron chi connectivity index (χ4n) is 3.70. The average molecular weight is 386 g/mol. The molecule has 0 amide bonds. The highest BCUT2D eigenvalue weighted by Crippen LogP contribution is 2.28. The Balaban J connectivity index is 1.60. The van der Waals surface area contributed by atoms with Crippen molar-refractivity contribution in [2.75, 3.05) is 19.6 Å². The van der Waals surface area contributed by atoms with E-state index in [9.17, 15) is 8.78 Å². The monoisotopic (exact) mass is 386 g/mol. The lowest BCUT2D eigenvalue weighted by atomic mass is 9.91. The number of allylic oxidation sites excluding steroid dienone is 7. The Morgan fingerprint density at radius 3 is 2.64 bits per heavy atom. The molecule has 6 heteroatoms. The van der Waals surface area contributed by atoms with Gasteiger partial charge in [0.05, 0.1) is 18.4 Å². The molecule has 0 spiro atoms. The highest BCUT2D eigenvalue weighted by molar-refractivity contribution is 5.83. The van der Waals surface area contributed by atoms with E-state index in [2.05, 4.69) is 28.7 Å². The molecular formula is C22H28F2N4. The molecule has 0 N–H and O–H groups in total. The minimum Gasteiger partial charge on any atom is -0.331 e. The van der Waals surface area contributed by atoms with Gasteiger partial charge in [-0.15, -0.1) is 0 Å². The maximum atomic E-state index is 12.5. The van der Waals surface area contributed by atoms with Crippen molar-refractivity contribution in [1.82, 2.24) is 14.5 Å². The standard InChI is InChI=1S/C22H28F2N4/c1-4-18(21-14-25-16(2)27(21)3)7-5-17-6-8-20(26-13-17)19-9-11-28(12-10-19)15-22(23)24/h4-5,7-8,13-14,19,22H,1,6,9-12,15H2,2-3H3/b17-5+,18-7+. The number of hydrogen-bond acceptors (Lipinski definition) is 3. The van der Waals surface area contributed by atoms with E-state index in [0.717, 1.165) is 60.7 Å². The van der Waals surface area contributed by atoms with E-state index in [1.807, 2.05) is 48.0 Å². The fourth-order valence-corrected chi connectivity index (χ4v) is 3.70. The molecule has 0 unspecified atom stereocenters. The first-order chi connectivity index (χ1) is 13.5. The molecule has 0 saturated carbocycles. The summed E-state index contributed by atoms with van der Waals surface area (Å²) in [5.74, 6) is 1.34. The second kappa shape index (κ2) is 9.24. The van der Waals surface area contributed by atoms with Gasteiger partial charge in [-0.25, -0.2) is 13.8 Å². The number of imidazole rings is 1. The highest BCUT2D eigenvalue weighted by Gasteiger charge is 2.24. The number of nitrogens with zero attached hydrogens (tertiary/aromatic N) is 4. The van der Waals surface area contributed by atoms with E-state index in [-0.39, 0.29) is 6.54 Å². The van der Waals surface area contributed by atoms with Crippen LogP contribution in [0.1, 0.15) is 30.8 Å². The number of likely N-dealkylation sites (tertiary alicyclic amines) is 1. The van der Waals surface area contributed by atoms with Crippen LogP contribution in [-0.4, -0.2) is 46.7 Å². The Bertz CT molecular complexity index is 822. The van der Waals surface area contributed by atoms with E-state index in [1.54, 1.807) is 0 Å². The van der Waals surface area contributed by atoms with Crippen molar-refractivity contribution in [2.24, 2.45) is 18.0 Å². The average Bonchev–Trinajstić information content (AvgIpc) is 3.02. The molecule has 1 aromatic rings. The minimum atomic E-state index is -2.25. The third kappa shape index (κ3) is 4.93. The van der Waals surface area contributed by atoms with Crippen molar-refractivity contribution in [3.05, 3.63) is 59.9 Å². The second-order valence-corrected chi connectivity index (χ2v) is 7.37. The molecule has 3 heterocycles. The van der Waals surface area contributed by atoms with Crippen LogP contribution in [0.25, 0.3) is 5.57 Å². The predicted molar refractivity (Wildman–Crippen MR) is 111 cm³/mol. The maximum Gasteiger partial charge on any atom is 0.251 e. The summed E-state index contributed by atoms with van der Waals surface area (Å²) in [4.78, 5) is 10.8. The summed E-state index contributed by atoms with van der Waals surface area (Å²) in [7, 11) is 1.99. The first-order valence-corrected chi connectivity index (χ1v) is 9.74. The van der Waals surface area contributed by atoms with Crippen LogP contribution < -0.4 is 0 Å². The van der Waals surface area contributed by atoms with E-state index >= 15 is 0 Å². The van der Waals surface area contributed by atoms with Crippen LogP contribution in [0.2, 0.25) is 0 Å².